The van der Waals surface area contributed by atoms with Crippen LogP contribution in [-0.2, 0) is 13.1 Å². The predicted octanol–water partition coefficient (Wildman–Crippen LogP) is 5.17. The van der Waals surface area contributed by atoms with Crippen LogP contribution in [0.15, 0.2) is 54.7 Å². The topological polar surface area (TPSA) is 33.6 Å². The number of benzene rings is 2. The maximum Gasteiger partial charge on any atom is 0.102 e. The summed E-state index contributed by atoms with van der Waals surface area (Å²) >= 11 is 0. The average molecular weight is 313 g/mol. The van der Waals surface area contributed by atoms with E-state index in [2.05, 4.69) is 65.6 Å². The van der Waals surface area contributed by atoms with E-state index in [1.165, 1.54) is 10.9 Å². The molecule has 2 aromatic heterocycles. The van der Waals surface area contributed by atoms with E-state index >= 15 is 0 Å². The normalized spacial score (nSPS) is 11.2. The molecule has 2 aromatic carbocycles. The van der Waals surface area contributed by atoms with Gasteiger partial charge in [-0.25, -0.2) is 0 Å². The average Bonchev–Trinajstić information content (AvgIpc) is 3.16. The molecule has 0 amide bonds. The zero-order chi connectivity index (χ0) is 16.7. The van der Waals surface area contributed by atoms with Crippen LogP contribution < -0.4 is 0 Å². The molecule has 0 radical (unpaired) electrons. The molecular weight excluding hydrogens is 294 g/mol. The van der Waals surface area contributed by atoms with Crippen molar-refractivity contribution < 1.29 is 0 Å². The summed E-state index contributed by atoms with van der Waals surface area (Å²) in [5, 5.41) is 12.1. The van der Waals surface area contributed by atoms with Crippen LogP contribution in [0.3, 0.4) is 0 Å². The number of para-hydroxylation sites is 2. The summed E-state index contributed by atoms with van der Waals surface area (Å²) in [6.45, 7) is 6.03. The molecule has 0 aliphatic rings. The highest BCUT2D eigenvalue weighted by Crippen LogP contribution is 2.38. The maximum atomic E-state index is 9.85. The quantitative estimate of drug-likeness (QED) is 0.513. The second-order valence-corrected chi connectivity index (χ2v) is 5.94. The minimum Gasteiger partial charge on any atom is -0.347 e. The van der Waals surface area contributed by atoms with Gasteiger partial charge in [-0.3, -0.25) is 0 Å². The van der Waals surface area contributed by atoms with Crippen LogP contribution in [-0.4, -0.2) is 9.13 Å². The molecule has 4 rings (SSSR count). The Morgan fingerprint density at radius 3 is 2.21 bits per heavy atom. The molecule has 0 aliphatic heterocycles. The monoisotopic (exact) mass is 313 g/mol. The summed E-state index contributed by atoms with van der Waals surface area (Å²) in [6, 6.07) is 19.1. The lowest BCUT2D eigenvalue weighted by molar-refractivity contribution is 0.790. The summed E-state index contributed by atoms with van der Waals surface area (Å²) in [7, 11) is 0. The standard InChI is InChI=1S/C21H19N3/c1-3-23-14-18(16-10-5-7-11-19(16)23)21-17(13-22)15-9-6-8-12-20(15)24(21)4-2/h5-12,14H,3-4H2,1-2H3. The van der Waals surface area contributed by atoms with Crippen molar-refractivity contribution in [2.75, 3.05) is 0 Å². The van der Waals surface area contributed by atoms with E-state index in [1.54, 1.807) is 0 Å². The number of aromatic nitrogens is 2. The molecule has 0 unspecified atom stereocenters. The predicted molar refractivity (Wildman–Crippen MR) is 98.9 cm³/mol. The van der Waals surface area contributed by atoms with Gasteiger partial charge in [0.05, 0.1) is 11.3 Å². The van der Waals surface area contributed by atoms with Gasteiger partial charge in [0.25, 0.3) is 0 Å². The first-order chi connectivity index (χ1) is 11.8. The van der Waals surface area contributed by atoms with Crippen molar-refractivity contribution >= 4 is 21.8 Å². The van der Waals surface area contributed by atoms with Gasteiger partial charge in [-0.05, 0) is 26.0 Å². The lowest BCUT2D eigenvalue weighted by Crippen LogP contribution is -1.97. The first-order valence-electron chi connectivity index (χ1n) is 8.39. The second-order valence-electron chi connectivity index (χ2n) is 5.94. The van der Waals surface area contributed by atoms with Gasteiger partial charge in [-0.1, -0.05) is 36.4 Å². The Hall–Kier alpha value is -2.99. The van der Waals surface area contributed by atoms with Crippen LogP contribution in [0.1, 0.15) is 19.4 Å². The van der Waals surface area contributed by atoms with Gasteiger partial charge in [0.2, 0.25) is 0 Å². The highest BCUT2D eigenvalue weighted by atomic mass is 15.0. The van der Waals surface area contributed by atoms with Gasteiger partial charge < -0.3 is 9.13 Å². The molecule has 0 fully saturated rings. The van der Waals surface area contributed by atoms with Gasteiger partial charge in [-0.2, -0.15) is 5.26 Å². The molecule has 0 saturated carbocycles. The third-order valence-corrected chi connectivity index (χ3v) is 4.78. The smallest absolute Gasteiger partial charge is 0.102 e. The fourth-order valence-electron chi connectivity index (χ4n) is 3.72. The van der Waals surface area contributed by atoms with Crippen molar-refractivity contribution in [1.29, 1.82) is 5.26 Å². The maximum absolute atomic E-state index is 9.85. The Bertz CT molecular complexity index is 1090. The molecule has 0 bridgehead atoms. The van der Waals surface area contributed by atoms with Crippen LogP contribution in [0.2, 0.25) is 0 Å². The highest BCUT2D eigenvalue weighted by molar-refractivity contribution is 6.02. The summed E-state index contributed by atoms with van der Waals surface area (Å²) in [4.78, 5) is 0. The molecule has 0 spiro atoms. The number of hydrogen-bond donors (Lipinski definition) is 0. The summed E-state index contributed by atoms with van der Waals surface area (Å²) in [6.07, 6.45) is 2.19. The second kappa shape index (κ2) is 5.58. The number of aryl methyl sites for hydroxylation is 2. The van der Waals surface area contributed by atoms with Gasteiger partial charge in [0.15, 0.2) is 0 Å². The molecule has 3 nitrogen and oxygen atoms in total. The summed E-state index contributed by atoms with van der Waals surface area (Å²) in [5.74, 6) is 0. The Morgan fingerprint density at radius 2 is 1.54 bits per heavy atom. The van der Waals surface area contributed by atoms with E-state index in [0.29, 0.717) is 0 Å². The van der Waals surface area contributed by atoms with Crippen LogP contribution >= 0.6 is 0 Å². The van der Waals surface area contributed by atoms with Gasteiger partial charge >= 0.3 is 0 Å². The molecule has 118 valence electrons. The van der Waals surface area contributed by atoms with Crippen molar-refractivity contribution in [2.45, 2.75) is 26.9 Å². The van der Waals surface area contributed by atoms with E-state index in [9.17, 15) is 5.26 Å². The third kappa shape index (κ3) is 1.90. The first kappa shape index (κ1) is 14.6. The minimum atomic E-state index is 0.770. The van der Waals surface area contributed by atoms with E-state index in [0.717, 1.165) is 40.8 Å². The van der Waals surface area contributed by atoms with Gasteiger partial charge in [0.1, 0.15) is 6.07 Å². The summed E-state index contributed by atoms with van der Waals surface area (Å²) < 4.78 is 4.51. The first-order valence-corrected chi connectivity index (χ1v) is 8.39. The molecule has 2 heterocycles. The Labute approximate surface area is 141 Å². The van der Waals surface area contributed by atoms with Crippen LogP contribution in [0.4, 0.5) is 0 Å². The fraction of sp³-hybridized carbons (Fsp3) is 0.190. The molecule has 0 atom stereocenters. The zero-order valence-corrected chi connectivity index (χ0v) is 14.0. The fourth-order valence-corrected chi connectivity index (χ4v) is 3.72. The zero-order valence-electron chi connectivity index (χ0n) is 14.0. The lowest BCUT2D eigenvalue weighted by Gasteiger charge is -2.07. The molecule has 0 aliphatic carbocycles. The van der Waals surface area contributed by atoms with Crippen molar-refractivity contribution in [3.63, 3.8) is 0 Å². The number of nitrogens with zero attached hydrogens (tertiary/aromatic N) is 3. The van der Waals surface area contributed by atoms with Crippen molar-refractivity contribution in [2.24, 2.45) is 0 Å². The van der Waals surface area contributed by atoms with Gasteiger partial charge in [0, 0.05) is 46.7 Å². The van der Waals surface area contributed by atoms with Crippen molar-refractivity contribution in [3.05, 3.63) is 60.3 Å². The van der Waals surface area contributed by atoms with Crippen molar-refractivity contribution in [1.82, 2.24) is 9.13 Å². The molecule has 24 heavy (non-hydrogen) atoms. The number of fused-ring (bicyclic) bond motifs is 2. The summed E-state index contributed by atoms with van der Waals surface area (Å²) in [5.41, 5.74) is 5.28. The van der Waals surface area contributed by atoms with E-state index in [4.69, 9.17) is 0 Å². The molecule has 4 aromatic rings. The highest BCUT2D eigenvalue weighted by Gasteiger charge is 2.20. The SMILES string of the molecule is CCn1cc(-c2c(C#N)c3ccccc3n2CC)c2ccccc21. The molecular formula is C21H19N3. The largest absolute Gasteiger partial charge is 0.347 e. The van der Waals surface area contributed by atoms with Gasteiger partial charge in [-0.15, -0.1) is 0 Å². The van der Waals surface area contributed by atoms with Crippen LogP contribution in [0, 0.1) is 11.3 Å². The Morgan fingerprint density at radius 1 is 0.875 bits per heavy atom. The minimum absolute atomic E-state index is 0.770. The van der Waals surface area contributed by atoms with E-state index in [1.807, 2.05) is 18.2 Å². The van der Waals surface area contributed by atoms with E-state index < -0.39 is 0 Å². The van der Waals surface area contributed by atoms with Crippen LogP contribution in [0.5, 0.6) is 0 Å². The van der Waals surface area contributed by atoms with E-state index in [-0.39, 0.29) is 0 Å². The Kier molecular flexibility index (Phi) is 3.39. The molecule has 0 N–H and O–H groups in total. The molecule has 0 saturated heterocycles. The lowest BCUT2D eigenvalue weighted by atomic mass is 10.1. The Balaban J connectivity index is 2.17. The number of hydrogen-bond acceptors (Lipinski definition) is 1. The number of rotatable bonds is 3. The number of nitriles is 1. The van der Waals surface area contributed by atoms with Crippen LogP contribution in [0.25, 0.3) is 33.1 Å². The third-order valence-electron chi connectivity index (χ3n) is 4.78. The van der Waals surface area contributed by atoms with Crippen molar-refractivity contribution in [3.8, 4) is 17.3 Å². The molecule has 3 heteroatoms.